The molecule has 122 valence electrons. The van der Waals surface area contributed by atoms with Gasteiger partial charge in [0.1, 0.15) is 5.69 Å². The number of hydrogen-bond donors (Lipinski definition) is 1. The maximum Gasteiger partial charge on any atom is 0.222 e. The van der Waals surface area contributed by atoms with Crippen molar-refractivity contribution in [1.82, 2.24) is 30.5 Å². The maximum absolute atomic E-state index is 6.40. The molecule has 0 aliphatic carbocycles. The number of fused-ring (bicyclic) bond motifs is 1. The van der Waals surface area contributed by atoms with Crippen LogP contribution in [-0.2, 0) is 13.1 Å². The van der Waals surface area contributed by atoms with E-state index in [-0.39, 0.29) is 0 Å². The molecule has 24 heavy (non-hydrogen) atoms. The Morgan fingerprint density at radius 3 is 3.08 bits per heavy atom. The van der Waals surface area contributed by atoms with Crippen LogP contribution >= 0.6 is 11.6 Å². The Balaban J connectivity index is 1.56. The summed E-state index contributed by atoms with van der Waals surface area (Å²) < 4.78 is 0. The minimum atomic E-state index is 0.464. The second-order valence-corrected chi connectivity index (χ2v) is 6.57. The van der Waals surface area contributed by atoms with Gasteiger partial charge in [-0.15, -0.1) is 10.2 Å². The van der Waals surface area contributed by atoms with Crippen molar-refractivity contribution in [2.24, 2.45) is 0 Å². The Labute approximate surface area is 144 Å². The largest absolute Gasteiger partial charge is 0.294 e. The number of hydrogen-bond acceptors (Lipinski definition) is 5. The number of aromatic nitrogens is 5. The van der Waals surface area contributed by atoms with Gasteiger partial charge in [0.2, 0.25) is 5.82 Å². The number of halogens is 1. The number of rotatable bonds is 3. The van der Waals surface area contributed by atoms with Crippen LogP contribution in [-0.4, -0.2) is 37.1 Å². The number of aromatic amines is 1. The molecule has 7 heteroatoms. The fraction of sp³-hybridized carbons (Fsp3) is 0.294. The minimum absolute atomic E-state index is 0.464. The first kappa shape index (κ1) is 15.2. The van der Waals surface area contributed by atoms with E-state index in [0.29, 0.717) is 11.7 Å². The van der Waals surface area contributed by atoms with Crippen molar-refractivity contribution in [2.45, 2.75) is 25.9 Å². The SMILES string of the molecule is CC1CN(Cc2ccnc(-c3nn[nH]n3)c2)Cc2c(Cl)cccc21. The average molecular weight is 341 g/mol. The third-order valence-electron chi connectivity index (χ3n) is 4.40. The molecule has 0 spiro atoms. The quantitative estimate of drug-likeness (QED) is 0.793. The van der Waals surface area contributed by atoms with Gasteiger partial charge in [-0.2, -0.15) is 5.21 Å². The van der Waals surface area contributed by atoms with Gasteiger partial charge in [-0.25, -0.2) is 0 Å². The molecule has 0 amide bonds. The molecule has 3 aromatic rings. The topological polar surface area (TPSA) is 70.6 Å². The van der Waals surface area contributed by atoms with Gasteiger partial charge in [0.05, 0.1) is 0 Å². The molecule has 1 unspecified atom stereocenters. The van der Waals surface area contributed by atoms with Crippen LogP contribution < -0.4 is 0 Å². The number of nitrogens with one attached hydrogen (secondary N) is 1. The van der Waals surface area contributed by atoms with E-state index in [4.69, 9.17) is 11.6 Å². The lowest BCUT2D eigenvalue weighted by Gasteiger charge is -2.33. The highest BCUT2D eigenvalue weighted by Crippen LogP contribution is 2.33. The Morgan fingerprint density at radius 2 is 2.25 bits per heavy atom. The van der Waals surface area contributed by atoms with E-state index >= 15 is 0 Å². The van der Waals surface area contributed by atoms with Gasteiger partial charge in [-0.05, 0) is 46.0 Å². The average Bonchev–Trinajstić information content (AvgIpc) is 3.11. The first-order valence-electron chi connectivity index (χ1n) is 7.89. The molecule has 1 N–H and O–H groups in total. The van der Waals surface area contributed by atoms with Crippen LogP contribution in [0.2, 0.25) is 5.02 Å². The normalized spacial score (nSPS) is 17.7. The van der Waals surface area contributed by atoms with Crippen LogP contribution in [0.5, 0.6) is 0 Å². The second-order valence-electron chi connectivity index (χ2n) is 6.16. The molecule has 1 atom stereocenters. The number of benzene rings is 1. The van der Waals surface area contributed by atoms with Crippen LogP contribution in [0.15, 0.2) is 36.5 Å². The first-order valence-corrected chi connectivity index (χ1v) is 8.27. The second kappa shape index (κ2) is 6.30. The van der Waals surface area contributed by atoms with Gasteiger partial charge in [0.25, 0.3) is 0 Å². The molecule has 0 radical (unpaired) electrons. The van der Waals surface area contributed by atoms with Crippen LogP contribution in [0.25, 0.3) is 11.5 Å². The molecular weight excluding hydrogens is 324 g/mol. The number of tetrazole rings is 1. The van der Waals surface area contributed by atoms with Gasteiger partial charge in [0.15, 0.2) is 0 Å². The summed E-state index contributed by atoms with van der Waals surface area (Å²) in [6.07, 6.45) is 1.79. The summed E-state index contributed by atoms with van der Waals surface area (Å²) in [5.74, 6) is 0.975. The highest BCUT2D eigenvalue weighted by Gasteiger charge is 2.24. The van der Waals surface area contributed by atoms with Crippen molar-refractivity contribution in [2.75, 3.05) is 6.54 Å². The summed E-state index contributed by atoms with van der Waals surface area (Å²) in [7, 11) is 0. The van der Waals surface area contributed by atoms with Gasteiger partial charge in [0, 0.05) is 30.9 Å². The zero-order valence-corrected chi connectivity index (χ0v) is 14.0. The lowest BCUT2D eigenvalue weighted by Crippen LogP contribution is -2.32. The van der Waals surface area contributed by atoms with E-state index in [2.05, 4.69) is 43.5 Å². The Morgan fingerprint density at radius 1 is 1.33 bits per heavy atom. The highest BCUT2D eigenvalue weighted by atomic mass is 35.5. The molecular formula is C17H17ClN6. The van der Waals surface area contributed by atoms with Crippen molar-refractivity contribution >= 4 is 11.6 Å². The van der Waals surface area contributed by atoms with Crippen LogP contribution in [0.4, 0.5) is 0 Å². The van der Waals surface area contributed by atoms with E-state index in [0.717, 1.165) is 30.4 Å². The molecule has 0 fully saturated rings. The summed E-state index contributed by atoms with van der Waals surface area (Å²) >= 11 is 6.40. The summed E-state index contributed by atoms with van der Waals surface area (Å²) in [6, 6.07) is 10.2. The van der Waals surface area contributed by atoms with Gasteiger partial charge < -0.3 is 0 Å². The van der Waals surface area contributed by atoms with Gasteiger partial charge in [-0.3, -0.25) is 9.88 Å². The summed E-state index contributed by atoms with van der Waals surface area (Å²) in [5.41, 5.74) is 4.50. The predicted molar refractivity (Wildman–Crippen MR) is 91.4 cm³/mol. The number of H-pyrrole nitrogens is 1. The van der Waals surface area contributed by atoms with Crippen molar-refractivity contribution < 1.29 is 0 Å². The Hall–Kier alpha value is -2.31. The van der Waals surface area contributed by atoms with E-state index in [1.54, 1.807) is 6.20 Å². The third kappa shape index (κ3) is 2.90. The van der Waals surface area contributed by atoms with E-state index in [1.165, 1.54) is 16.7 Å². The lowest BCUT2D eigenvalue weighted by molar-refractivity contribution is 0.226. The van der Waals surface area contributed by atoms with Crippen LogP contribution in [0.1, 0.15) is 29.5 Å². The fourth-order valence-corrected chi connectivity index (χ4v) is 3.56. The lowest BCUT2D eigenvalue weighted by atomic mass is 9.91. The predicted octanol–water partition coefficient (Wildman–Crippen LogP) is 3.03. The molecule has 0 bridgehead atoms. The van der Waals surface area contributed by atoms with Crippen molar-refractivity contribution in [3.8, 4) is 11.5 Å². The minimum Gasteiger partial charge on any atom is -0.294 e. The fourth-order valence-electron chi connectivity index (χ4n) is 3.32. The molecule has 0 saturated heterocycles. The maximum atomic E-state index is 6.40. The molecule has 6 nitrogen and oxygen atoms in total. The Kier molecular flexibility index (Phi) is 4.00. The smallest absolute Gasteiger partial charge is 0.222 e. The van der Waals surface area contributed by atoms with E-state index < -0.39 is 0 Å². The molecule has 0 saturated carbocycles. The standard InChI is InChI=1S/C17H17ClN6/c1-11-8-24(10-14-13(11)3-2-4-15(14)18)9-12-5-6-19-16(7-12)17-20-22-23-21-17/h2-7,11H,8-10H2,1H3,(H,20,21,22,23). The first-order chi connectivity index (χ1) is 11.7. The summed E-state index contributed by atoms with van der Waals surface area (Å²) in [4.78, 5) is 6.73. The highest BCUT2D eigenvalue weighted by molar-refractivity contribution is 6.31. The Bertz CT molecular complexity index is 848. The zero-order chi connectivity index (χ0) is 16.5. The summed E-state index contributed by atoms with van der Waals surface area (Å²) in [5, 5.41) is 14.9. The van der Waals surface area contributed by atoms with Crippen molar-refractivity contribution in [3.05, 3.63) is 58.2 Å². The van der Waals surface area contributed by atoms with Crippen molar-refractivity contribution in [1.29, 1.82) is 0 Å². The molecule has 2 aromatic heterocycles. The van der Waals surface area contributed by atoms with Gasteiger partial charge in [-0.1, -0.05) is 30.7 Å². The molecule has 1 aliphatic rings. The number of nitrogens with zero attached hydrogens (tertiary/aromatic N) is 5. The number of pyridine rings is 1. The summed E-state index contributed by atoms with van der Waals surface area (Å²) in [6.45, 7) is 4.95. The van der Waals surface area contributed by atoms with Crippen LogP contribution in [0.3, 0.4) is 0 Å². The van der Waals surface area contributed by atoms with Crippen LogP contribution in [0, 0.1) is 0 Å². The molecule has 1 aliphatic heterocycles. The van der Waals surface area contributed by atoms with E-state index in [9.17, 15) is 0 Å². The van der Waals surface area contributed by atoms with Crippen molar-refractivity contribution in [3.63, 3.8) is 0 Å². The molecule has 3 heterocycles. The third-order valence-corrected chi connectivity index (χ3v) is 4.76. The zero-order valence-electron chi connectivity index (χ0n) is 13.3. The van der Waals surface area contributed by atoms with E-state index in [1.807, 2.05) is 24.3 Å². The van der Waals surface area contributed by atoms with Gasteiger partial charge >= 0.3 is 0 Å². The molecule has 1 aromatic carbocycles. The molecule has 4 rings (SSSR count). The monoisotopic (exact) mass is 340 g/mol.